The topological polar surface area (TPSA) is 26.0 Å². The summed E-state index contributed by atoms with van der Waals surface area (Å²) in [6, 6.07) is 2.18. The van der Waals surface area contributed by atoms with Crippen LogP contribution in [0.4, 0.5) is 8.78 Å². The monoisotopic (exact) mass is 253 g/mol. The van der Waals surface area contributed by atoms with Crippen LogP contribution in [-0.4, -0.2) is 0 Å². The van der Waals surface area contributed by atoms with Crippen molar-refractivity contribution in [3.8, 4) is 0 Å². The number of rotatable bonds is 4. The van der Waals surface area contributed by atoms with Gasteiger partial charge in [-0.2, -0.15) is 0 Å². The van der Waals surface area contributed by atoms with Crippen LogP contribution in [0.2, 0.25) is 0 Å². The average Bonchev–Trinajstić information content (AvgIpc) is 2.84. The van der Waals surface area contributed by atoms with Gasteiger partial charge in [0.15, 0.2) is 0 Å². The Balaban J connectivity index is 1.99. The van der Waals surface area contributed by atoms with Crippen molar-refractivity contribution in [1.82, 2.24) is 0 Å². The lowest BCUT2D eigenvalue weighted by Crippen LogP contribution is -2.14. The van der Waals surface area contributed by atoms with E-state index in [1.54, 1.807) is 13.0 Å². The van der Waals surface area contributed by atoms with Gasteiger partial charge >= 0.3 is 0 Å². The molecule has 1 unspecified atom stereocenters. The average molecular weight is 253 g/mol. The van der Waals surface area contributed by atoms with E-state index < -0.39 is 11.6 Å². The molecule has 3 heteroatoms. The van der Waals surface area contributed by atoms with E-state index in [2.05, 4.69) is 0 Å². The molecule has 1 atom stereocenters. The lowest BCUT2D eigenvalue weighted by atomic mass is 9.94. The van der Waals surface area contributed by atoms with Crippen molar-refractivity contribution in [1.29, 1.82) is 0 Å². The molecule has 0 aromatic heterocycles. The van der Waals surface area contributed by atoms with Gasteiger partial charge in [-0.05, 0) is 37.3 Å². The van der Waals surface area contributed by atoms with E-state index in [4.69, 9.17) is 5.73 Å². The smallest absolute Gasteiger partial charge is 0.130 e. The lowest BCUT2D eigenvalue weighted by molar-refractivity contribution is 0.445. The van der Waals surface area contributed by atoms with E-state index in [0.29, 0.717) is 11.1 Å². The summed E-state index contributed by atoms with van der Waals surface area (Å²) in [7, 11) is 0. The molecule has 0 aliphatic heterocycles. The molecule has 0 radical (unpaired) electrons. The number of benzene rings is 1. The summed E-state index contributed by atoms with van der Waals surface area (Å²) < 4.78 is 26.8. The van der Waals surface area contributed by atoms with Crippen LogP contribution in [0, 0.1) is 24.5 Å². The molecule has 0 spiro atoms. The second-order valence-electron chi connectivity index (χ2n) is 5.46. The molecule has 2 rings (SSSR count). The van der Waals surface area contributed by atoms with Crippen molar-refractivity contribution >= 4 is 0 Å². The first-order valence-corrected chi connectivity index (χ1v) is 6.79. The number of hydrogen-bond donors (Lipinski definition) is 1. The van der Waals surface area contributed by atoms with Crippen LogP contribution in [0.25, 0.3) is 0 Å². The van der Waals surface area contributed by atoms with Gasteiger partial charge in [0, 0.05) is 17.7 Å². The molecule has 2 N–H and O–H groups in total. The second-order valence-corrected chi connectivity index (χ2v) is 5.46. The number of nitrogens with two attached hydrogens (primary N) is 1. The zero-order chi connectivity index (χ0) is 13.1. The Morgan fingerprint density at radius 1 is 1.22 bits per heavy atom. The zero-order valence-electron chi connectivity index (χ0n) is 10.9. The van der Waals surface area contributed by atoms with Gasteiger partial charge in [-0.25, -0.2) is 8.78 Å². The highest BCUT2D eigenvalue weighted by atomic mass is 19.1. The first-order chi connectivity index (χ1) is 8.58. The molecule has 1 fully saturated rings. The molecule has 1 aliphatic carbocycles. The third-order valence-corrected chi connectivity index (χ3v) is 4.04. The molecule has 0 saturated heterocycles. The Labute approximate surface area is 107 Å². The Morgan fingerprint density at radius 2 is 1.89 bits per heavy atom. The summed E-state index contributed by atoms with van der Waals surface area (Å²) in [5.41, 5.74) is 6.94. The molecule has 0 bridgehead atoms. The summed E-state index contributed by atoms with van der Waals surface area (Å²) in [5, 5.41) is 0. The van der Waals surface area contributed by atoms with Gasteiger partial charge in [0.05, 0.1) is 0 Å². The minimum Gasteiger partial charge on any atom is -0.324 e. The van der Waals surface area contributed by atoms with E-state index in [-0.39, 0.29) is 6.04 Å². The van der Waals surface area contributed by atoms with Crippen molar-refractivity contribution in [3.63, 3.8) is 0 Å². The third kappa shape index (κ3) is 3.08. The summed E-state index contributed by atoms with van der Waals surface area (Å²) >= 11 is 0. The van der Waals surface area contributed by atoms with Crippen molar-refractivity contribution in [2.75, 3.05) is 0 Å². The number of halogens is 2. The van der Waals surface area contributed by atoms with Crippen molar-refractivity contribution < 1.29 is 8.78 Å². The Bertz CT molecular complexity index is 411. The highest BCUT2D eigenvalue weighted by Crippen LogP contribution is 2.31. The molecular weight excluding hydrogens is 232 g/mol. The van der Waals surface area contributed by atoms with Crippen LogP contribution in [0.5, 0.6) is 0 Å². The van der Waals surface area contributed by atoms with Crippen LogP contribution in [0.3, 0.4) is 0 Å². The minimum atomic E-state index is -0.517. The Hall–Kier alpha value is -0.960. The molecule has 1 aliphatic rings. The Morgan fingerprint density at radius 3 is 2.56 bits per heavy atom. The quantitative estimate of drug-likeness (QED) is 0.853. The molecule has 1 saturated carbocycles. The molecule has 1 aromatic carbocycles. The standard InChI is InChI=1S/C15H21F2N/c1-10-8-12(14(17)9-13(10)16)15(18)7-6-11-4-2-3-5-11/h8-9,11,15H,2-7,18H2,1H3. The molecule has 0 amide bonds. The summed E-state index contributed by atoms with van der Waals surface area (Å²) in [6.07, 6.45) is 7.01. The third-order valence-electron chi connectivity index (χ3n) is 4.04. The van der Waals surface area contributed by atoms with Gasteiger partial charge < -0.3 is 5.73 Å². The molecule has 0 heterocycles. The Kier molecular flexibility index (Phi) is 4.33. The van der Waals surface area contributed by atoms with E-state index >= 15 is 0 Å². The van der Waals surface area contributed by atoms with Gasteiger partial charge in [0.2, 0.25) is 0 Å². The van der Waals surface area contributed by atoms with Gasteiger partial charge in [0.25, 0.3) is 0 Å². The van der Waals surface area contributed by atoms with E-state index in [9.17, 15) is 8.78 Å². The fraction of sp³-hybridized carbons (Fsp3) is 0.600. The van der Waals surface area contributed by atoms with Crippen LogP contribution in [0.15, 0.2) is 12.1 Å². The van der Waals surface area contributed by atoms with Crippen LogP contribution < -0.4 is 5.73 Å². The normalized spacial score (nSPS) is 18.2. The number of aryl methyl sites for hydroxylation is 1. The van der Waals surface area contributed by atoms with E-state index in [1.807, 2.05) is 0 Å². The van der Waals surface area contributed by atoms with E-state index in [0.717, 1.165) is 24.8 Å². The first kappa shape index (κ1) is 13.5. The predicted molar refractivity (Wildman–Crippen MR) is 69.2 cm³/mol. The van der Waals surface area contributed by atoms with Crippen LogP contribution in [0.1, 0.15) is 55.7 Å². The second kappa shape index (κ2) is 5.79. The van der Waals surface area contributed by atoms with Gasteiger partial charge in [0.1, 0.15) is 11.6 Å². The van der Waals surface area contributed by atoms with Crippen molar-refractivity contribution in [2.24, 2.45) is 11.7 Å². The molecule has 18 heavy (non-hydrogen) atoms. The van der Waals surface area contributed by atoms with E-state index in [1.165, 1.54) is 25.7 Å². The maximum Gasteiger partial charge on any atom is 0.130 e. The first-order valence-electron chi connectivity index (χ1n) is 6.79. The lowest BCUT2D eigenvalue weighted by Gasteiger charge is -2.16. The minimum absolute atomic E-state index is 0.315. The maximum atomic E-state index is 13.7. The highest BCUT2D eigenvalue weighted by Gasteiger charge is 2.19. The van der Waals surface area contributed by atoms with Gasteiger partial charge in [-0.3, -0.25) is 0 Å². The fourth-order valence-corrected chi connectivity index (χ4v) is 2.83. The van der Waals surface area contributed by atoms with Crippen LogP contribution in [-0.2, 0) is 0 Å². The number of hydrogen-bond acceptors (Lipinski definition) is 1. The summed E-state index contributed by atoms with van der Waals surface area (Å²) in [6.45, 7) is 1.64. The fourth-order valence-electron chi connectivity index (χ4n) is 2.83. The highest BCUT2D eigenvalue weighted by molar-refractivity contribution is 5.28. The van der Waals surface area contributed by atoms with Crippen molar-refractivity contribution in [2.45, 2.75) is 51.5 Å². The van der Waals surface area contributed by atoms with Gasteiger partial charge in [-0.1, -0.05) is 25.7 Å². The molecule has 1 aromatic rings. The predicted octanol–water partition coefficient (Wildman–Crippen LogP) is 4.24. The molecular formula is C15H21F2N. The summed E-state index contributed by atoms with van der Waals surface area (Å²) in [5.74, 6) is -0.267. The van der Waals surface area contributed by atoms with Crippen LogP contribution >= 0.6 is 0 Å². The molecule has 100 valence electrons. The summed E-state index contributed by atoms with van der Waals surface area (Å²) in [4.78, 5) is 0. The van der Waals surface area contributed by atoms with Crippen molar-refractivity contribution in [3.05, 3.63) is 34.9 Å². The largest absolute Gasteiger partial charge is 0.324 e. The maximum absolute atomic E-state index is 13.7. The van der Waals surface area contributed by atoms with Gasteiger partial charge in [-0.15, -0.1) is 0 Å². The zero-order valence-corrected chi connectivity index (χ0v) is 10.9. The molecule has 1 nitrogen and oxygen atoms in total. The SMILES string of the molecule is Cc1cc(C(N)CCC2CCCC2)c(F)cc1F.